The van der Waals surface area contributed by atoms with E-state index in [2.05, 4.69) is 29.8 Å². The third-order valence-electron chi connectivity index (χ3n) is 13.2. The van der Waals surface area contributed by atoms with Crippen molar-refractivity contribution in [3.8, 4) is 0 Å². The minimum absolute atomic E-state index is 0.189. The zero-order chi connectivity index (χ0) is 30.0. The molecular formula is C36H68N4O2. The first-order valence-corrected chi connectivity index (χ1v) is 18.4. The molecule has 9 unspecified atom stereocenters. The lowest BCUT2D eigenvalue weighted by molar-refractivity contribution is -0.141. The lowest BCUT2D eigenvalue weighted by atomic mass is 9.44. The molecule has 0 aliphatic heterocycles. The molecule has 9 atom stereocenters. The van der Waals surface area contributed by atoms with Crippen LogP contribution in [0.4, 0.5) is 0 Å². The van der Waals surface area contributed by atoms with Crippen LogP contribution in [0, 0.1) is 46.3 Å². The molecule has 6 N–H and O–H groups in total. The van der Waals surface area contributed by atoms with Crippen LogP contribution in [0.2, 0.25) is 0 Å². The Labute approximate surface area is 258 Å². The predicted octanol–water partition coefficient (Wildman–Crippen LogP) is 6.58. The number of carboxylic acids is 1. The molecule has 4 fully saturated rings. The Morgan fingerprint density at radius 3 is 2.24 bits per heavy atom. The van der Waals surface area contributed by atoms with E-state index in [0.717, 1.165) is 94.2 Å². The van der Waals surface area contributed by atoms with Gasteiger partial charge in [-0.3, -0.25) is 4.79 Å². The smallest absolute Gasteiger partial charge is 0.306 e. The Kier molecular flexibility index (Phi) is 13.5. The molecule has 42 heavy (non-hydrogen) atoms. The summed E-state index contributed by atoms with van der Waals surface area (Å²) in [6.45, 7) is 13.6. The van der Waals surface area contributed by atoms with Gasteiger partial charge in [0, 0.05) is 6.04 Å². The highest BCUT2D eigenvalue weighted by Crippen LogP contribution is 2.67. The highest BCUT2D eigenvalue weighted by molar-refractivity contribution is 5.69. The molecule has 4 rings (SSSR count). The molecule has 0 aromatic carbocycles. The van der Waals surface area contributed by atoms with Crippen molar-refractivity contribution in [2.24, 2.45) is 52.1 Å². The molecule has 0 spiro atoms. The average molecular weight is 589 g/mol. The summed E-state index contributed by atoms with van der Waals surface area (Å²) < 4.78 is 0. The van der Waals surface area contributed by atoms with E-state index < -0.39 is 5.97 Å². The standard InChI is InChI=1S/C36H68N4O2/c1-27(34(41)42)10-4-5-11-28-13-15-32-31-14-12-29-26-30(16-18-36(29,3)33(31)17-19-35(28,32)2)40-25-9-24-39-22-7-6-21-38-23-8-20-37/h27-33,38-40H,4-26,37H2,1-3H3,(H,41,42). The number of nitrogens with one attached hydrogen (secondary N) is 3. The van der Waals surface area contributed by atoms with Gasteiger partial charge in [-0.1, -0.05) is 33.6 Å². The Bertz CT molecular complexity index is 809. The number of unbranched alkanes of at least 4 members (excludes halogenated alkanes) is 2. The summed E-state index contributed by atoms with van der Waals surface area (Å²) in [5.74, 6) is 3.81. The van der Waals surface area contributed by atoms with Crippen molar-refractivity contribution >= 4 is 5.97 Å². The largest absolute Gasteiger partial charge is 0.481 e. The minimum atomic E-state index is -0.632. The van der Waals surface area contributed by atoms with Crippen molar-refractivity contribution in [3.05, 3.63) is 0 Å². The predicted molar refractivity (Wildman–Crippen MR) is 176 cm³/mol. The van der Waals surface area contributed by atoms with Gasteiger partial charge < -0.3 is 26.8 Å². The summed E-state index contributed by atoms with van der Waals surface area (Å²) in [5, 5.41) is 20.3. The van der Waals surface area contributed by atoms with Crippen molar-refractivity contribution < 1.29 is 9.90 Å². The molecule has 0 amide bonds. The van der Waals surface area contributed by atoms with E-state index in [1.165, 1.54) is 89.9 Å². The topological polar surface area (TPSA) is 99.4 Å². The molecule has 0 heterocycles. The normalized spacial score (nSPS) is 36.7. The van der Waals surface area contributed by atoms with E-state index in [1.54, 1.807) is 0 Å². The quantitative estimate of drug-likeness (QED) is 0.109. The molecule has 4 aliphatic rings. The average Bonchev–Trinajstić information content (AvgIpc) is 3.31. The van der Waals surface area contributed by atoms with Gasteiger partial charge >= 0.3 is 5.97 Å². The highest BCUT2D eigenvalue weighted by atomic mass is 16.4. The first-order valence-electron chi connectivity index (χ1n) is 18.4. The Morgan fingerprint density at radius 2 is 1.50 bits per heavy atom. The van der Waals surface area contributed by atoms with Crippen molar-refractivity contribution in [1.29, 1.82) is 0 Å². The van der Waals surface area contributed by atoms with Crippen LogP contribution in [0.1, 0.15) is 130 Å². The van der Waals surface area contributed by atoms with Gasteiger partial charge in [-0.15, -0.1) is 0 Å². The Morgan fingerprint density at radius 1 is 0.810 bits per heavy atom. The summed E-state index contributed by atoms with van der Waals surface area (Å²) in [4.78, 5) is 11.2. The van der Waals surface area contributed by atoms with Crippen LogP contribution < -0.4 is 21.7 Å². The third-order valence-corrected chi connectivity index (χ3v) is 13.2. The second kappa shape index (κ2) is 16.6. The lowest BCUT2D eigenvalue weighted by Crippen LogP contribution is -2.55. The molecule has 0 bridgehead atoms. The second-order valence-corrected chi connectivity index (χ2v) is 15.6. The summed E-state index contributed by atoms with van der Waals surface area (Å²) in [5.41, 5.74) is 6.64. The zero-order valence-electron chi connectivity index (χ0n) is 27.7. The molecule has 0 aromatic rings. The summed E-state index contributed by atoms with van der Waals surface area (Å²) in [6, 6.07) is 0.729. The summed E-state index contributed by atoms with van der Waals surface area (Å²) in [7, 11) is 0. The van der Waals surface area contributed by atoms with Crippen LogP contribution >= 0.6 is 0 Å². The van der Waals surface area contributed by atoms with Crippen molar-refractivity contribution in [2.45, 2.75) is 136 Å². The van der Waals surface area contributed by atoms with Crippen molar-refractivity contribution in [3.63, 3.8) is 0 Å². The fourth-order valence-corrected chi connectivity index (χ4v) is 10.5. The van der Waals surface area contributed by atoms with Gasteiger partial charge in [0.2, 0.25) is 0 Å². The first kappa shape index (κ1) is 34.2. The van der Waals surface area contributed by atoms with E-state index in [9.17, 15) is 9.90 Å². The molecular weight excluding hydrogens is 520 g/mol. The van der Waals surface area contributed by atoms with E-state index in [4.69, 9.17) is 5.73 Å². The second-order valence-electron chi connectivity index (χ2n) is 15.6. The number of fused-ring (bicyclic) bond motifs is 5. The number of hydrogen-bond acceptors (Lipinski definition) is 5. The maximum Gasteiger partial charge on any atom is 0.306 e. The first-order chi connectivity index (χ1) is 20.3. The van der Waals surface area contributed by atoms with Gasteiger partial charge in [0.25, 0.3) is 0 Å². The molecule has 0 radical (unpaired) electrons. The molecule has 0 saturated heterocycles. The van der Waals surface area contributed by atoms with E-state index in [1.807, 2.05) is 6.92 Å². The van der Waals surface area contributed by atoms with E-state index in [-0.39, 0.29) is 5.92 Å². The van der Waals surface area contributed by atoms with Crippen LogP contribution in [0.3, 0.4) is 0 Å². The Balaban J connectivity index is 1.14. The van der Waals surface area contributed by atoms with Gasteiger partial charge in [0.15, 0.2) is 0 Å². The van der Waals surface area contributed by atoms with Gasteiger partial charge in [-0.05, 0) is 176 Å². The number of rotatable bonds is 19. The van der Waals surface area contributed by atoms with Gasteiger partial charge in [-0.2, -0.15) is 0 Å². The molecule has 0 aromatic heterocycles. The third kappa shape index (κ3) is 8.52. The Hall–Kier alpha value is -0.690. The lowest BCUT2D eigenvalue weighted by Gasteiger charge is -2.61. The molecule has 244 valence electrons. The van der Waals surface area contributed by atoms with Crippen LogP contribution in [0.5, 0.6) is 0 Å². The van der Waals surface area contributed by atoms with Gasteiger partial charge in [0.1, 0.15) is 0 Å². The van der Waals surface area contributed by atoms with E-state index in [0.29, 0.717) is 10.8 Å². The van der Waals surface area contributed by atoms with Crippen molar-refractivity contribution in [1.82, 2.24) is 16.0 Å². The SMILES string of the molecule is CC(CCCCC1CCC2C3CCC4CC(NCCCNCCCCNCCCN)CCC4(C)C3CCC12C)C(=O)O. The van der Waals surface area contributed by atoms with Crippen molar-refractivity contribution in [2.75, 3.05) is 39.3 Å². The monoisotopic (exact) mass is 589 g/mol. The van der Waals surface area contributed by atoms with Crippen LogP contribution in [0.25, 0.3) is 0 Å². The van der Waals surface area contributed by atoms with E-state index >= 15 is 0 Å². The maximum atomic E-state index is 11.2. The van der Waals surface area contributed by atoms with Gasteiger partial charge in [-0.25, -0.2) is 0 Å². The number of carboxylic acid groups (broad SMARTS) is 1. The van der Waals surface area contributed by atoms with Crippen LogP contribution in [-0.4, -0.2) is 56.4 Å². The number of aliphatic carboxylic acids is 1. The highest BCUT2D eigenvalue weighted by Gasteiger charge is 2.59. The minimum Gasteiger partial charge on any atom is -0.481 e. The fourth-order valence-electron chi connectivity index (χ4n) is 10.5. The maximum absolute atomic E-state index is 11.2. The van der Waals surface area contributed by atoms with Crippen LogP contribution in [0.15, 0.2) is 0 Å². The number of hydrogen-bond donors (Lipinski definition) is 5. The molecule has 6 nitrogen and oxygen atoms in total. The molecule has 6 heteroatoms. The summed E-state index contributed by atoms with van der Waals surface area (Å²) in [6.07, 6.45) is 22.2. The fraction of sp³-hybridized carbons (Fsp3) is 0.972. The van der Waals surface area contributed by atoms with Gasteiger partial charge in [0.05, 0.1) is 5.92 Å². The molecule has 4 saturated carbocycles. The zero-order valence-corrected chi connectivity index (χ0v) is 27.7. The summed E-state index contributed by atoms with van der Waals surface area (Å²) >= 11 is 0. The molecule has 4 aliphatic carbocycles. The number of carbonyl (C=O) groups is 1. The number of nitrogens with two attached hydrogens (primary N) is 1. The van der Waals surface area contributed by atoms with Crippen LogP contribution in [-0.2, 0) is 4.79 Å².